The van der Waals surface area contributed by atoms with E-state index in [0.29, 0.717) is 24.2 Å². The lowest BCUT2D eigenvalue weighted by molar-refractivity contribution is 0.455. The Morgan fingerprint density at radius 1 is 0.420 bits per heavy atom. The molecular weight excluding hydrogens is 613 g/mol. The van der Waals surface area contributed by atoms with Gasteiger partial charge >= 0.3 is 0 Å². The molecule has 0 aliphatic heterocycles. The number of rotatable bonds is 9. The Morgan fingerprint density at radius 3 is 1.20 bits per heavy atom. The Bertz CT molecular complexity index is 2340. The highest BCUT2D eigenvalue weighted by atomic mass is 16.3. The zero-order valence-electron chi connectivity index (χ0n) is 28.3. The van der Waals surface area contributed by atoms with Crippen LogP contribution in [0.2, 0.25) is 0 Å². The van der Waals surface area contributed by atoms with Crippen LogP contribution in [0.25, 0.3) is 54.2 Å². The molecule has 8 rings (SSSR count). The second-order valence-electron chi connectivity index (χ2n) is 13.4. The van der Waals surface area contributed by atoms with Crippen molar-refractivity contribution in [2.75, 3.05) is 0 Å². The second kappa shape index (κ2) is 13.3. The summed E-state index contributed by atoms with van der Waals surface area (Å²) in [6.45, 7) is 5.22. The van der Waals surface area contributed by atoms with Gasteiger partial charge in [0.05, 0.1) is 0 Å². The van der Waals surface area contributed by atoms with Crippen LogP contribution in [0.4, 0.5) is 0 Å². The van der Waals surface area contributed by atoms with E-state index in [1.807, 2.05) is 36.4 Å². The molecule has 0 bridgehead atoms. The van der Waals surface area contributed by atoms with Crippen molar-refractivity contribution in [2.24, 2.45) is 0 Å². The number of phenols is 2. The first kappa shape index (κ1) is 31.6. The molecule has 8 aromatic carbocycles. The van der Waals surface area contributed by atoms with Crippen LogP contribution in [0, 0.1) is 0 Å². The molecule has 0 aliphatic rings. The van der Waals surface area contributed by atoms with Crippen LogP contribution < -0.4 is 10.6 Å². The van der Waals surface area contributed by atoms with Crippen LogP contribution >= 0.6 is 0 Å². The summed E-state index contributed by atoms with van der Waals surface area (Å²) >= 11 is 0. The van der Waals surface area contributed by atoms with Crippen LogP contribution in [-0.2, 0) is 13.1 Å². The molecule has 0 heterocycles. The van der Waals surface area contributed by atoms with E-state index in [9.17, 15) is 10.2 Å². The Hall–Kier alpha value is -5.68. The van der Waals surface area contributed by atoms with Gasteiger partial charge in [0, 0.05) is 47.4 Å². The molecule has 0 saturated carbocycles. The molecule has 0 unspecified atom stereocenters. The van der Waals surface area contributed by atoms with Gasteiger partial charge in [-0.1, -0.05) is 121 Å². The largest absolute Gasteiger partial charge is 0.507 e. The maximum Gasteiger partial charge on any atom is 0.128 e. The van der Waals surface area contributed by atoms with Crippen LogP contribution in [0.1, 0.15) is 48.2 Å². The summed E-state index contributed by atoms with van der Waals surface area (Å²) in [5.74, 6) is 0.356. The summed E-state index contributed by atoms with van der Waals surface area (Å²) in [6, 6.07) is 50.3. The molecule has 0 saturated heterocycles. The summed E-state index contributed by atoms with van der Waals surface area (Å²) in [5, 5.41) is 40.2. The minimum atomic E-state index is 0.0576. The van der Waals surface area contributed by atoms with Gasteiger partial charge in [0.25, 0.3) is 0 Å². The predicted octanol–water partition coefficient (Wildman–Crippen LogP) is 11.1. The Kier molecular flexibility index (Phi) is 8.41. The molecule has 0 fully saturated rings. The Balaban J connectivity index is 1.16. The average Bonchev–Trinajstić information content (AvgIpc) is 3.16. The van der Waals surface area contributed by atoms with E-state index in [4.69, 9.17) is 0 Å². The monoisotopic (exact) mass is 652 g/mol. The maximum atomic E-state index is 12.1. The fourth-order valence-corrected chi connectivity index (χ4v) is 7.28. The lowest BCUT2D eigenvalue weighted by Crippen LogP contribution is -2.18. The third-order valence-electron chi connectivity index (χ3n) is 10.2. The molecule has 8 aromatic rings. The van der Waals surface area contributed by atoms with E-state index in [2.05, 4.69) is 134 Å². The van der Waals surface area contributed by atoms with Crippen molar-refractivity contribution in [3.05, 3.63) is 168 Å². The summed E-state index contributed by atoms with van der Waals surface area (Å²) < 4.78 is 0. The molecule has 2 atom stereocenters. The van der Waals surface area contributed by atoms with Gasteiger partial charge in [0.2, 0.25) is 0 Å². The zero-order valence-corrected chi connectivity index (χ0v) is 28.3. The quantitative estimate of drug-likeness (QED) is 0.125. The fourth-order valence-electron chi connectivity index (χ4n) is 7.28. The zero-order chi connectivity index (χ0) is 34.2. The van der Waals surface area contributed by atoms with Gasteiger partial charge in [-0.3, -0.25) is 0 Å². The third kappa shape index (κ3) is 5.94. The number of fused-ring (bicyclic) bond motifs is 4. The standard InChI is InChI=1S/C46H40N2O2/c1-29(33-21-19-31-11-3-5-13-35(31)23-33)47-27-39-25-37-15-7-9-17-41(37)43(45(39)49)44-42-18-10-8-16-38(42)26-40(46(44)50)28-48-30(2)34-22-20-32-12-4-6-14-36(32)24-34/h3-26,29-30,47-50H,27-28H2,1-2H3/t29-,30-/m1/s1. The average molecular weight is 653 g/mol. The molecule has 0 radical (unpaired) electrons. The molecule has 0 aromatic heterocycles. The number of hydrogen-bond donors (Lipinski definition) is 4. The van der Waals surface area contributed by atoms with Crippen molar-refractivity contribution in [1.29, 1.82) is 0 Å². The minimum Gasteiger partial charge on any atom is -0.507 e. The van der Waals surface area contributed by atoms with Crippen molar-refractivity contribution in [3.63, 3.8) is 0 Å². The highest BCUT2D eigenvalue weighted by Crippen LogP contribution is 2.47. The van der Waals surface area contributed by atoms with Crippen LogP contribution in [0.3, 0.4) is 0 Å². The van der Waals surface area contributed by atoms with E-state index >= 15 is 0 Å². The lowest BCUT2D eigenvalue weighted by Gasteiger charge is -2.21. The molecular formula is C46H40N2O2. The van der Waals surface area contributed by atoms with Crippen molar-refractivity contribution in [1.82, 2.24) is 10.6 Å². The van der Waals surface area contributed by atoms with Gasteiger partial charge in [-0.2, -0.15) is 0 Å². The Labute approximate surface area is 292 Å². The molecule has 4 heteroatoms. The summed E-state index contributed by atoms with van der Waals surface area (Å²) in [5.41, 5.74) is 5.23. The van der Waals surface area contributed by atoms with Crippen LogP contribution in [0.15, 0.2) is 146 Å². The first-order valence-corrected chi connectivity index (χ1v) is 17.4. The van der Waals surface area contributed by atoms with E-state index in [1.165, 1.54) is 32.7 Å². The van der Waals surface area contributed by atoms with Crippen molar-refractivity contribution < 1.29 is 10.2 Å². The Morgan fingerprint density at radius 2 is 0.780 bits per heavy atom. The highest BCUT2D eigenvalue weighted by Gasteiger charge is 2.22. The second-order valence-corrected chi connectivity index (χ2v) is 13.4. The van der Waals surface area contributed by atoms with E-state index < -0.39 is 0 Å². The normalized spacial score (nSPS) is 12.9. The molecule has 50 heavy (non-hydrogen) atoms. The number of phenolic OH excluding ortho intramolecular Hbond substituents is 2. The molecule has 4 N–H and O–H groups in total. The van der Waals surface area contributed by atoms with Gasteiger partial charge < -0.3 is 20.8 Å². The predicted molar refractivity (Wildman–Crippen MR) is 209 cm³/mol. The maximum absolute atomic E-state index is 12.1. The van der Waals surface area contributed by atoms with Gasteiger partial charge in [0.1, 0.15) is 11.5 Å². The molecule has 0 aliphatic carbocycles. The van der Waals surface area contributed by atoms with Crippen LogP contribution in [-0.4, -0.2) is 10.2 Å². The van der Waals surface area contributed by atoms with E-state index in [1.54, 1.807) is 0 Å². The number of aromatic hydroxyl groups is 2. The number of hydrogen-bond acceptors (Lipinski definition) is 4. The minimum absolute atomic E-state index is 0.0576. The summed E-state index contributed by atoms with van der Waals surface area (Å²) in [6.07, 6.45) is 0. The van der Waals surface area contributed by atoms with Crippen molar-refractivity contribution in [3.8, 4) is 22.6 Å². The van der Waals surface area contributed by atoms with E-state index in [-0.39, 0.29) is 23.6 Å². The van der Waals surface area contributed by atoms with Crippen molar-refractivity contribution >= 4 is 43.1 Å². The van der Waals surface area contributed by atoms with Gasteiger partial charge in [-0.25, -0.2) is 0 Å². The van der Waals surface area contributed by atoms with Crippen molar-refractivity contribution in [2.45, 2.75) is 39.0 Å². The molecule has 0 spiro atoms. The fraction of sp³-hybridized carbons (Fsp3) is 0.130. The third-order valence-corrected chi connectivity index (χ3v) is 10.2. The molecule has 4 nitrogen and oxygen atoms in total. The van der Waals surface area contributed by atoms with Crippen LogP contribution in [0.5, 0.6) is 11.5 Å². The topological polar surface area (TPSA) is 64.5 Å². The lowest BCUT2D eigenvalue weighted by atomic mass is 9.88. The SMILES string of the molecule is C[C@@H](NCc1cc2ccccc2c(-c2c(O)c(CN[C@H](C)c3ccc4ccccc4c3)cc3ccccc23)c1O)c1ccc2ccccc2c1. The highest BCUT2D eigenvalue weighted by molar-refractivity contribution is 6.10. The smallest absolute Gasteiger partial charge is 0.128 e. The van der Waals surface area contributed by atoms with Gasteiger partial charge in [0.15, 0.2) is 0 Å². The number of nitrogens with one attached hydrogen (secondary N) is 2. The summed E-state index contributed by atoms with van der Waals surface area (Å²) in [7, 11) is 0. The molecule has 0 amide bonds. The number of benzene rings is 8. The summed E-state index contributed by atoms with van der Waals surface area (Å²) in [4.78, 5) is 0. The van der Waals surface area contributed by atoms with Gasteiger partial charge in [-0.15, -0.1) is 0 Å². The first-order chi connectivity index (χ1) is 24.4. The first-order valence-electron chi connectivity index (χ1n) is 17.4. The van der Waals surface area contributed by atoms with Gasteiger partial charge in [-0.05, 0) is 92.3 Å². The van der Waals surface area contributed by atoms with E-state index in [0.717, 1.165) is 32.7 Å². The molecule has 246 valence electrons.